The van der Waals surface area contributed by atoms with E-state index in [1.807, 2.05) is 31.1 Å². The third-order valence-electron chi connectivity index (χ3n) is 10.6. The van der Waals surface area contributed by atoms with Crippen LogP contribution < -0.4 is 20.3 Å². The molecule has 294 valence electrons. The van der Waals surface area contributed by atoms with Crippen LogP contribution in [0.15, 0.2) is 77.8 Å². The molecule has 3 N–H and O–H groups in total. The lowest BCUT2D eigenvalue weighted by atomic mass is 9.76. The first kappa shape index (κ1) is 42.6. The van der Waals surface area contributed by atoms with Crippen LogP contribution in [0, 0.1) is 5.41 Å². The van der Waals surface area contributed by atoms with Gasteiger partial charge in [0.25, 0.3) is 11.8 Å². The molecule has 55 heavy (non-hydrogen) atoms. The lowest BCUT2D eigenvalue weighted by molar-refractivity contribution is -0.121. The van der Waals surface area contributed by atoms with Gasteiger partial charge in [0, 0.05) is 48.1 Å². The van der Waals surface area contributed by atoms with E-state index in [0.717, 1.165) is 24.3 Å². The summed E-state index contributed by atoms with van der Waals surface area (Å²) in [5, 5.41) is 17.9. The molecule has 0 aromatic heterocycles. The molecule has 0 heterocycles. The number of carbonyl (C=O) groups excluding carboxylic acids is 3. The van der Waals surface area contributed by atoms with E-state index in [1.165, 1.54) is 17.2 Å². The Morgan fingerprint density at radius 1 is 0.800 bits per heavy atom. The fourth-order valence-electron chi connectivity index (χ4n) is 6.04. The van der Waals surface area contributed by atoms with Crippen LogP contribution in [0.1, 0.15) is 109 Å². The molecule has 0 saturated carbocycles. The summed E-state index contributed by atoms with van der Waals surface area (Å²) in [6.45, 7) is 19.5. The van der Waals surface area contributed by atoms with Crippen LogP contribution in [0.2, 0.25) is 0 Å². The molecule has 0 unspecified atom stereocenters. The van der Waals surface area contributed by atoms with Crippen molar-refractivity contribution in [1.82, 2.24) is 5.32 Å². The predicted molar refractivity (Wildman–Crippen MR) is 227 cm³/mol. The van der Waals surface area contributed by atoms with Gasteiger partial charge in [-0.1, -0.05) is 98.7 Å². The molecule has 4 aromatic carbocycles. The lowest BCUT2D eigenvalue weighted by Crippen LogP contribution is -2.37. The molecular weight excluding hydrogens is 689 g/mol. The summed E-state index contributed by atoms with van der Waals surface area (Å²) in [5.74, 6) is -0.943. The van der Waals surface area contributed by atoms with Crippen molar-refractivity contribution in [3.8, 4) is 11.5 Å². The van der Waals surface area contributed by atoms with Gasteiger partial charge in [-0.05, 0) is 78.5 Å². The summed E-state index contributed by atoms with van der Waals surface area (Å²) in [6.07, 6.45) is 3.38. The van der Waals surface area contributed by atoms with Crippen LogP contribution in [0.3, 0.4) is 0 Å². The number of fused-ring (bicyclic) bond motifs is 1. The molecule has 0 aliphatic carbocycles. The number of phenols is 1. The van der Waals surface area contributed by atoms with Gasteiger partial charge in [0.2, 0.25) is 0 Å². The van der Waals surface area contributed by atoms with Gasteiger partial charge in [0.05, 0.1) is 23.5 Å². The van der Waals surface area contributed by atoms with E-state index in [-0.39, 0.29) is 33.5 Å². The maximum absolute atomic E-state index is 13.9. The molecule has 0 atom stereocenters. The first-order chi connectivity index (χ1) is 25.8. The monoisotopic (exact) mass is 748 g/mol. The van der Waals surface area contributed by atoms with Crippen LogP contribution in [-0.2, 0) is 20.4 Å². The van der Waals surface area contributed by atoms with Crippen molar-refractivity contribution in [2.45, 2.75) is 98.8 Å². The summed E-state index contributed by atoms with van der Waals surface area (Å²) < 4.78 is 6.32. The Kier molecular flexibility index (Phi) is 13.6. The minimum Gasteiger partial charge on any atom is -0.506 e. The molecule has 0 spiro atoms. The summed E-state index contributed by atoms with van der Waals surface area (Å²) >= 11 is 0. The average molecular weight is 749 g/mol. The maximum Gasteiger partial charge on any atom is 0.278 e. The Morgan fingerprint density at radius 3 is 2.04 bits per heavy atom. The minimum atomic E-state index is -0.891. The Labute approximate surface area is 327 Å². The number of aliphatic imine (C=N–C) groups is 1. The van der Waals surface area contributed by atoms with Crippen LogP contribution in [-0.4, -0.2) is 55.7 Å². The Bertz CT molecular complexity index is 2040. The van der Waals surface area contributed by atoms with Gasteiger partial charge in [0.1, 0.15) is 11.5 Å². The number of Topliss-reactive ketones (excluding diaryl/α,β-unsaturated/α-hetero) is 1. The van der Waals surface area contributed by atoms with Crippen molar-refractivity contribution < 1.29 is 24.2 Å². The fraction of sp³-hybridized carbons (Fsp3) is 0.435. The number of hydrogen-bond donors (Lipinski definition) is 3. The van der Waals surface area contributed by atoms with Gasteiger partial charge in [-0.2, -0.15) is 0 Å². The fourth-order valence-corrected chi connectivity index (χ4v) is 6.04. The van der Waals surface area contributed by atoms with Crippen LogP contribution in [0.25, 0.3) is 10.8 Å². The highest BCUT2D eigenvalue weighted by Gasteiger charge is 2.32. The molecule has 0 bridgehead atoms. The summed E-state index contributed by atoms with van der Waals surface area (Å²) in [6, 6.07) is 22.2. The van der Waals surface area contributed by atoms with E-state index in [4.69, 9.17) is 4.74 Å². The van der Waals surface area contributed by atoms with Gasteiger partial charge in [-0.3, -0.25) is 14.4 Å². The van der Waals surface area contributed by atoms with E-state index in [1.54, 1.807) is 57.2 Å². The number of carbonyl (C=O) groups is 3. The van der Waals surface area contributed by atoms with Gasteiger partial charge < -0.3 is 25.4 Å². The average Bonchev–Trinajstić information content (AvgIpc) is 3.15. The molecule has 0 aliphatic rings. The minimum absolute atomic E-state index is 0.00620. The first-order valence-electron chi connectivity index (χ1n) is 19.3. The third-order valence-corrected chi connectivity index (χ3v) is 10.6. The van der Waals surface area contributed by atoms with Gasteiger partial charge in [-0.15, -0.1) is 0 Å². The number of nitrogens with one attached hydrogen (secondary N) is 2. The van der Waals surface area contributed by atoms with Crippen molar-refractivity contribution in [2.75, 3.05) is 37.5 Å². The number of hydrogen-bond acceptors (Lipinski definition) is 7. The summed E-state index contributed by atoms with van der Waals surface area (Å²) in [5.41, 5.74) is 3.06. The van der Waals surface area contributed by atoms with E-state index < -0.39 is 23.0 Å². The molecule has 9 heteroatoms. The highest BCUT2D eigenvalue weighted by Crippen LogP contribution is 2.39. The molecule has 0 fully saturated rings. The zero-order chi connectivity index (χ0) is 40.7. The molecule has 2 amide bonds. The first-order valence-corrected chi connectivity index (χ1v) is 19.3. The number of phenolic OH excluding ortho intramolecular Hbond substituents is 1. The normalized spacial score (nSPS) is 12.4. The van der Waals surface area contributed by atoms with E-state index in [9.17, 15) is 19.5 Å². The summed E-state index contributed by atoms with van der Waals surface area (Å²) in [7, 11) is 3.84. The summed E-state index contributed by atoms with van der Waals surface area (Å²) in [4.78, 5) is 47.4. The van der Waals surface area contributed by atoms with Gasteiger partial charge in [-0.25, -0.2) is 4.99 Å². The smallest absolute Gasteiger partial charge is 0.278 e. The SMILES string of the molecule is CCC(C)(C)c1ccc(OCCCCNC(=O)c2cc(NC(=O)C(=Nc3ccc(N(C)C)cc3)C(=O)C(C)(C)C)c3ccccc3c2O)c(C(C)(C)CC)c1. The van der Waals surface area contributed by atoms with Crippen molar-refractivity contribution in [1.29, 1.82) is 0 Å². The predicted octanol–water partition coefficient (Wildman–Crippen LogP) is 9.90. The second-order valence-electron chi connectivity index (χ2n) is 16.8. The number of anilines is 2. The molecule has 9 nitrogen and oxygen atoms in total. The molecular formula is C46H60N4O5. The highest BCUT2D eigenvalue weighted by atomic mass is 16.5. The Balaban J connectivity index is 1.50. The third kappa shape index (κ3) is 10.3. The molecule has 0 aliphatic heterocycles. The number of unbranched alkanes of at least 4 members (excludes halogenated alkanes) is 1. The topological polar surface area (TPSA) is 120 Å². The van der Waals surface area contributed by atoms with Crippen molar-refractivity contribution >= 4 is 51.1 Å². The largest absolute Gasteiger partial charge is 0.506 e. The lowest BCUT2D eigenvalue weighted by Gasteiger charge is -2.30. The Morgan fingerprint density at radius 2 is 1.44 bits per heavy atom. The number of ether oxygens (including phenoxy) is 1. The molecule has 4 rings (SSSR count). The van der Waals surface area contributed by atoms with Crippen LogP contribution in [0.5, 0.6) is 11.5 Å². The molecule has 0 radical (unpaired) electrons. The van der Waals surface area contributed by atoms with E-state index in [0.29, 0.717) is 42.5 Å². The number of aromatic hydroxyl groups is 1. The van der Waals surface area contributed by atoms with Crippen LogP contribution >= 0.6 is 0 Å². The van der Waals surface area contributed by atoms with E-state index in [2.05, 4.69) is 75.4 Å². The maximum atomic E-state index is 13.9. The van der Waals surface area contributed by atoms with E-state index >= 15 is 0 Å². The number of rotatable bonds is 16. The number of benzene rings is 4. The van der Waals surface area contributed by atoms with Gasteiger partial charge in [0.15, 0.2) is 11.5 Å². The molecule has 4 aromatic rings. The van der Waals surface area contributed by atoms with Crippen molar-refractivity contribution in [3.63, 3.8) is 0 Å². The highest BCUT2D eigenvalue weighted by molar-refractivity contribution is 6.68. The second kappa shape index (κ2) is 17.5. The quantitative estimate of drug-likeness (QED) is 0.0454. The number of amides is 2. The van der Waals surface area contributed by atoms with Gasteiger partial charge >= 0.3 is 0 Å². The van der Waals surface area contributed by atoms with Crippen LogP contribution in [0.4, 0.5) is 17.1 Å². The second-order valence-corrected chi connectivity index (χ2v) is 16.8. The van der Waals surface area contributed by atoms with Crippen molar-refractivity contribution in [3.05, 3.63) is 89.5 Å². The Hall–Kier alpha value is -5.18. The zero-order valence-electron chi connectivity index (χ0n) is 34.6. The number of ketones is 1. The standard InChI is InChI=1S/C46H60N4O5/c1-12-45(6,7)30-20-25-38(36(28-30)46(8,9)13-2)55-27-17-16-26-47-42(53)35-29-37(33-18-14-15-19-34(33)40(35)51)49-43(54)39(41(52)44(3,4)5)48-31-21-23-32(24-22-31)50(10)11/h14-15,18-25,28-29,51H,12-13,16-17,26-27H2,1-11H3,(H,47,53)(H,49,54). The van der Waals surface area contributed by atoms with Crippen molar-refractivity contribution in [2.24, 2.45) is 10.4 Å². The number of nitrogens with zero attached hydrogens (tertiary/aromatic N) is 2. The zero-order valence-corrected chi connectivity index (χ0v) is 34.6. The molecule has 0 saturated heterocycles.